The minimum atomic E-state index is 0.551. The van der Waals surface area contributed by atoms with Crippen LogP contribution in [-0.4, -0.2) is 35.0 Å². The number of rotatable bonds is 4. The molecule has 1 aromatic heterocycles. The van der Waals surface area contributed by atoms with E-state index in [0.29, 0.717) is 11.9 Å². The highest BCUT2D eigenvalue weighted by atomic mass is 79.9. The lowest BCUT2D eigenvalue weighted by Crippen LogP contribution is -2.40. The number of piperidine rings is 1. The van der Waals surface area contributed by atoms with Gasteiger partial charge in [-0.2, -0.15) is 4.98 Å². The smallest absolute Gasteiger partial charge is 0.228 e. The lowest BCUT2D eigenvalue weighted by Gasteiger charge is -2.35. The van der Waals surface area contributed by atoms with Crippen molar-refractivity contribution in [3.05, 3.63) is 12.3 Å². The first kappa shape index (κ1) is 12.6. The predicted molar refractivity (Wildman–Crippen MR) is 72.0 cm³/mol. The maximum Gasteiger partial charge on any atom is 0.228 e. The Bertz CT molecular complexity index is 359. The zero-order chi connectivity index (χ0) is 12.1. The van der Waals surface area contributed by atoms with Gasteiger partial charge in [0.05, 0.1) is 7.11 Å². The second-order valence-corrected chi connectivity index (χ2v) is 5.01. The van der Waals surface area contributed by atoms with Crippen LogP contribution in [0.1, 0.15) is 25.7 Å². The fraction of sp³-hybridized carbons (Fsp3) is 0.667. The summed E-state index contributed by atoms with van der Waals surface area (Å²) in [7, 11) is 1.64. The maximum atomic E-state index is 5.15. The fourth-order valence-electron chi connectivity index (χ4n) is 2.27. The summed E-state index contributed by atoms with van der Waals surface area (Å²) in [6, 6.07) is 2.34. The number of hydrogen-bond donors (Lipinski definition) is 0. The average molecular weight is 300 g/mol. The van der Waals surface area contributed by atoms with Crippen LogP contribution in [0.5, 0.6) is 5.88 Å². The van der Waals surface area contributed by atoms with E-state index in [9.17, 15) is 0 Å². The SMILES string of the molecule is COc1ccnc(N2CCCCC2CCBr)n1. The third-order valence-electron chi connectivity index (χ3n) is 3.15. The minimum Gasteiger partial charge on any atom is -0.481 e. The predicted octanol–water partition coefficient (Wildman–Crippen LogP) is 2.63. The van der Waals surface area contributed by atoms with E-state index in [1.165, 1.54) is 19.3 Å². The van der Waals surface area contributed by atoms with Crippen LogP contribution in [0.15, 0.2) is 12.3 Å². The van der Waals surface area contributed by atoms with Gasteiger partial charge in [0.1, 0.15) is 0 Å². The monoisotopic (exact) mass is 299 g/mol. The molecular weight excluding hydrogens is 282 g/mol. The summed E-state index contributed by atoms with van der Waals surface area (Å²) in [5.74, 6) is 1.44. The summed E-state index contributed by atoms with van der Waals surface area (Å²) in [4.78, 5) is 11.1. The van der Waals surface area contributed by atoms with Gasteiger partial charge in [0, 0.05) is 30.2 Å². The van der Waals surface area contributed by atoms with Crippen LogP contribution in [0, 0.1) is 0 Å². The van der Waals surface area contributed by atoms with Gasteiger partial charge in [-0.1, -0.05) is 15.9 Å². The molecule has 1 unspecified atom stereocenters. The molecule has 1 aliphatic heterocycles. The molecule has 1 aliphatic rings. The van der Waals surface area contributed by atoms with Gasteiger partial charge in [-0.25, -0.2) is 4.98 Å². The summed E-state index contributed by atoms with van der Waals surface area (Å²) >= 11 is 3.52. The van der Waals surface area contributed by atoms with Crippen molar-refractivity contribution in [1.29, 1.82) is 0 Å². The first-order valence-corrected chi connectivity index (χ1v) is 7.17. The van der Waals surface area contributed by atoms with Gasteiger partial charge in [-0.05, 0) is 25.7 Å². The highest BCUT2D eigenvalue weighted by Gasteiger charge is 2.24. The van der Waals surface area contributed by atoms with Crippen molar-refractivity contribution < 1.29 is 4.74 Å². The Balaban J connectivity index is 2.16. The van der Waals surface area contributed by atoms with Crippen molar-refractivity contribution in [3.8, 4) is 5.88 Å². The largest absolute Gasteiger partial charge is 0.481 e. The molecule has 0 N–H and O–H groups in total. The van der Waals surface area contributed by atoms with Crippen molar-refractivity contribution in [2.24, 2.45) is 0 Å². The molecule has 1 saturated heterocycles. The number of anilines is 1. The molecule has 94 valence electrons. The molecule has 0 saturated carbocycles. The van der Waals surface area contributed by atoms with E-state index in [1.807, 2.05) is 0 Å². The molecular formula is C12H18BrN3O. The standard InChI is InChI=1S/C12H18BrN3O/c1-17-11-6-8-14-12(15-11)16-9-3-2-4-10(16)5-7-13/h6,8,10H,2-5,7,9H2,1H3. The number of aromatic nitrogens is 2. The zero-order valence-electron chi connectivity index (χ0n) is 10.1. The molecule has 2 rings (SSSR count). The molecule has 1 aromatic rings. The second-order valence-electron chi connectivity index (χ2n) is 4.22. The van der Waals surface area contributed by atoms with Gasteiger partial charge < -0.3 is 9.64 Å². The lowest BCUT2D eigenvalue weighted by molar-refractivity contribution is 0.392. The van der Waals surface area contributed by atoms with Crippen molar-refractivity contribution >= 4 is 21.9 Å². The van der Waals surface area contributed by atoms with E-state index in [2.05, 4.69) is 30.8 Å². The van der Waals surface area contributed by atoms with Gasteiger partial charge in [0.15, 0.2) is 0 Å². The Labute approximate surface area is 111 Å². The number of halogens is 1. The van der Waals surface area contributed by atoms with Crippen LogP contribution in [0.25, 0.3) is 0 Å². The zero-order valence-corrected chi connectivity index (χ0v) is 11.7. The molecule has 1 atom stereocenters. The Morgan fingerprint density at radius 2 is 2.41 bits per heavy atom. The molecule has 17 heavy (non-hydrogen) atoms. The van der Waals surface area contributed by atoms with Crippen LogP contribution < -0.4 is 9.64 Å². The quantitative estimate of drug-likeness (QED) is 0.801. The summed E-state index contributed by atoms with van der Waals surface area (Å²) in [6.07, 6.45) is 6.66. The first-order valence-electron chi connectivity index (χ1n) is 6.05. The topological polar surface area (TPSA) is 38.2 Å². The Morgan fingerprint density at radius 3 is 3.18 bits per heavy atom. The molecule has 0 radical (unpaired) electrons. The number of alkyl halides is 1. The van der Waals surface area contributed by atoms with Crippen LogP contribution in [0.3, 0.4) is 0 Å². The molecule has 4 nitrogen and oxygen atoms in total. The molecule has 5 heteroatoms. The highest BCUT2D eigenvalue weighted by Crippen LogP contribution is 2.25. The van der Waals surface area contributed by atoms with Crippen molar-refractivity contribution in [2.45, 2.75) is 31.7 Å². The average Bonchev–Trinajstić information content (AvgIpc) is 2.40. The van der Waals surface area contributed by atoms with Gasteiger partial charge in [-0.3, -0.25) is 0 Å². The van der Waals surface area contributed by atoms with E-state index in [-0.39, 0.29) is 0 Å². The van der Waals surface area contributed by atoms with E-state index in [1.54, 1.807) is 19.4 Å². The molecule has 0 spiro atoms. The molecule has 0 bridgehead atoms. The summed E-state index contributed by atoms with van der Waals surface area (Å²) in [5.41, 5.74) is 0. The van der Waals surface area contributed by atoms with Crippen LogP contribution >= 0.6 is 15.9 Å². The summed E-state index contributed by atoms with van der Waals surface area (Å²) < 4.78 is 5.15. The molecule has 0 aromatic carbocycles. The number of methoxy groups -OCH3 is 1. The lowest BCUT2D eigenvalue weighted by atomic mass is 10.0. The summed E-state index contributed by atoms with van der Waals surface area (Å²) in [5, 5.41) is 1.03. The van der Waals surface area contributed by atoms with Gasteiger partial charge in [0.25, 0.3) is 0 Å². The van der Waals surface area contributed by atoms with E-state index in [0.717, 1.165) is 24.2 Å². The maximum absolute atomic E-state index is 5.15. The second kappa shape index (κ2) is 6.19. The number of nitrogens with zero attached hydrogens (tertiary/aromatic N) is 3. The van der Waals surface area contributed by atoms with E-state index >= 15 is 0 Å². The van der Waals surface area contributed by atoms with Gasteiger partial charge in [0.2, 0.25) is 11.8 Å². The Hall–Kier alpha value is -0.840. The number of ether oxygens (including phenoxy) is 1. The van der Waals surface area contributed by atoms with Crippen molar-refractivity contribution in [2.75, 3.05) is 23.9 Å². The van der Waals surface area contributed by atoms with Crippen molar-refractivity contribution in [1.82, 2.24) is 9.97 Å². The minimum absolute atomic E-state index is 0.551. The molecule has 2 heterocycles. The molecule has 0 aliphatic carbocycles. The van der Waals surface area contributed by atoms with E-state index in [4.69, 9.17) is 4.74 Å². The van der Waals surface area contributed by atoms with E-state index < -0.39 is 0 Å². The van der Waals surface area contributed by atoms with Crippen molar-refractivity contribution in [3.63, 3.8) is 0 Å². The van der Waals surface area contributed by atoms with Gasteiger partial charge in [-0.15, -0.1) is 0 Å². The fourth-order valence-corrected chi connectivity index (χ4v) is 2.80. The highest BCUT2D eigenvalue weighted by molar-refractivity contribution is 9.09. The first-order chi connectivity index (χ1) is 8.35. The van der Waals surface area contributed by atoms with Crippen LogP contribution in [-0.2, 0) is 0 Å². The molecule has 1 fully saturated rings. The third-order valence-corrected chi connectivity index (χ3v) is 3.61. The van der Waals surface area contributed by atoms with Crippen LogP contribution in [0.4, 0.5) is 5.95 Å². The summed E-state index contributed by atoms with van der Waals surface area (Å²) in [6.45, 7) is 1.05. The van der Waals surface area contributed by atoms with Crippen LogP contribution in [0.2, 0.25) is 0 Å². The Morgan fingerprint density at radius 1 is 1.53 bits per heavy atom. The number of hydrogen-bond acceptors (Lipinski definition) is 4. The Kier molecular flexibility index (Phi) is 4.59. The normalized spacial score (nSPS) is 20.4. The molecule has 0 amide bonds. The van der Waals surface area contributed by atoms with Gasteiger partial charge >= 0.3 is 0 Å². The third kappa shape index (κ3) is 3.09.